The van der Waals surface area contributed by atoms with Crippen molar-refractivity contribution in [1.82, 2.24) is 10.3 Å². The van der Waals surface area contributed by atoms with Gasteiger partial charge >= 0.3 is 0 Å². The third kappa shape index (κ3) is 2.22. The van der Waals surface area contributed by atoms with Crippen LogP contribution in [0.2, 0.25) is 0 Å². The Hall–Kier alpha value is -1.13. The van der Waals surface area contributed by atoms with Crippen molar-refractivity contribution in [3.8, 4) is 5.75 Å². The molecule has 1 atom stereocenters. The van der Waals surface area contributed by atoms with Crippen molar-refractivity contribution in [1.29, 1.82) is 0 Å². The molecular weight excluding hydrogens is 228 g/mol. The van der Waals surface area contributed by atoms with Gasteiger partial charge in [0.1, 0.15) is 5.75 Å². The highest BCUT2D eigenvalue weighted by Crippen LogP contribution is 2.44. The van der Waals surface area contributed by atoms with Crippen LogP contribution in [-0.2, 0) is 5.60 Å². The summed E-state index contributed by atoms with van der Waals surface area (Å²) < 4.78 is 5.46. The number of rotatable bonds is 3. The number of hydrogen-bond donors (Lipinski definition) is 2. The lowest BCUT2D eigenvalue weighted by atomic mass is 9.67. The molecule has 0 saturated carbocycles. The molecule has 1 aliphatic rings. The first-order chi connectivity index (χ1) is 8.49. The van der Waals surface area contributed by atoms with Crippen molar-refractivity contribution >= 4 is 0 Å². The fourth-order valence-electron chi connectivity index (χ4n) is 2.58. The van der Waals surface area contributed by atoms with E-state index >= 15 is 0 Å². The number of ether oxygens (including phenoxy) is 1. The van der Waals surface area contributed by atoms with Crippen molar-refractivity contribution in [2.45, 2.75) is 32.8 Å². The molecule has 4 nitrogen and oxygen atoms in total. The zero-order chi connectivity index (χ0) is 13.2. The number of aromatic nitrogens is 1. The minimum atomic E-state index is -0.849. The highest BCUT2D eigenvalue weighted by molar-refractivity contribution is 5.30. The molecule has 1 aromatic rings. The summed E-state index contributed by atoms with van der Waals surface area (Å²) in [7, 11) is 0. The first-order valence-corrected chi connectivity index (χ1v) is 6.51. The molecular formula is C14H22N2O2. The molecule has 0 bridgehead atoms. The van der Waals surface area contributed by atoms with E-state index in [1.807, 2.05) is 13.0 Å². The van der Waals surface area contributed by atoms with Gasteiger partial charge in [-0.2, -0.15) is 0 Å². The average Bonchev–Trinajstić information content (AvgIpc) is 2.34. The fourth-order valence-corrected chi connectivity index (χ4v) is 2.58. The van der Waals surface area contributed by atoms with Crippen LogP contribution >= 0.6 is 0 Å². The Morgan fingerprint density at radius 1 is 1.44 bits per heavy atom. The summed E-state index contributed by atoms with van der Waals surface area (Å²) in [6.07, 6.45) is 4.12. The summed E-state index contributed by atoms with van der Waals surface area (Å²) in [5.74, 6) is 0.720. The van der Waals surface area contributed by atoms with Crippen LogP contribution < -0.4 is 10.1 Å². The van der Waals surface area contributed by atoms with E-state index in [9.17, 15) is 5.11 Å². The normalized spacial score (nSPS) is 26.9. The van der Waals surface area contributed by atoms with E-state index in [1.165, 1.54) is 0 Å². The molecule has 1 aliphatic heterocycles. The smallest absolute Gasteiger partial charge is 0.137 e. The van der Waals surface area contributed by atoms with Crippen molar-refractivity contribution in [3.05, 3.63) is 24.0 Å². The lowest BCUT2D eigenvalue weighted by Crippen LogP contribution is -2.53. The van der Waals surface area contributed by atoms with E-state index in [0.29, 0.717) is 13.0 Å². The third-order valence-electron chi connectivity index (χ3n) is 3.85. The van der Waals surface area contributed by atoms with Gasteiger partial charge in [-0.05, 0) is 26.0 Å². The number of pyridine rings is 1. The highest BCUT2D eigenvalue weighted by Gasteiger charge is 2.46. The number of hydrogen-bond acceptors (Lipinski definition) is 4. The topological polar surface area (TPSA) is 54.4 Å². The Bertz CT molecular complexity index is 420. The van der Waals surface area contributed by atoms with Crippen LogP contribution in [0.1, 0.15) is 32.8 Å². The summed E-state index contributed by atoms with van der Waals surface area (Å²) in [4.78, 5) is 4.18. The summed E-state index contributed by atoms with van der Waals surface area (Å²) >= 11 is 0. The monoisotopic (exact) mass is 250 g/mol. The minimum absolute atomic E-state index is 0.224. The van der Waals surface area contributed by atoms with Gasteiger partial charge in [0.05, 0.1) is 18.4 Å². The van der Waals surface area contributed by atoms with Gasteiger partial charge in [-0.1, -0.05) is 13.8 Å². The lowest BCUT2D eigenvalue weighted by Gasteiger charge is -2.46. The van der Waals surface area contributed by atoms with E-state index in [1.54, 1.807) is 12.4 Å². The molecule has 0 amide bonds. The largest absolute Gasteiger partial charge is 0.492 e. The predicted molar refractivity (Wildman–Crippen MR) is 70.6 cm³/mol. The Kier molecular flexibility index (Phi) is 3.59. The molecule has 100 valence electrons. The molecule has 0 radical (unpaired) electrons. The summed E-state index contributed by atoms with van der Waals surface area (Å²) in [6, 6.07) is 1.91. The Balaban J connectivity index is 2.36. The van der Waals surface area contributed by atoms with E-state index in [4.69, 9.17) is 4.74 Å². The number of aliphatic hydroxyl groups is 1. The van der Waals surface area contributed by atoms with Crippen molar-refractivity contribution in [2.24, 2.45) is 5.41 Å². The molecule has 0 spiro atoms. The molecule has 2 N–H and O–H groups in total. The van der Waals surface area contributed by atoms with Gasteiger partial charge in [0, 0.05) is 23.7 Å². The van der Waals surface area contributed by atoms with Crippen LogP contribution in [0.5, 0.6) is 5.75 Å². The predicted octanol–water partition coefficient (Wildman–Crippen LogP) is 1.69. The number of piperidine rings is 1. The van der Waals surface area contributed by atoms with Gasteiger partial charge in [-0.3, -0.25) is 4.98 Å². The lowest BCUT2D eigenvalue weighted by molar-refractivity contribution is -0.0948. The Labute approximate surface area is 108 Å². The van der Waals surface area contributed by atoms with Crippen LogP contribution in [0, 0.1) is 5.41 Å². The maximum absolute atomic E-state index is 11.0. The van der Waals surface area contributed by atoms with Gasteiger partial charge in [0.2, 0.25) is 0 Å². The zero-order valence-corrected chi connectivity index (χ0v) is 11.4. The second-order valence-corrected chi connectivity index (χ2v) is 5.51. The zero-order valence-electron chi connectivity index (χ0n) is 11.4. The van der Waals surface area contributed by atoms with Gasteiger partial charge < -0.3 is 15.2 Å². The van der Waals surface area contributed by atoms with Crippen molar-refractivity contribution < 1.29 is 9.84 Å². The molecule has 1 saturated heterocycles. The number of nitrogens with one attached hydrogen (secondary N) is 1. The van der Waals surface area contributed by atoms with Crippen LogP contribution in [0.25, 0.3) is 0 Å². The second-order valence-electron chi connectivity index (χ2n) is 5.51. The Morgan fingerprint density at radius 3 is 2.89 bits per heavy atom. The van der Waals surface area contributed by atoms with Crippen LogP contribution in [0.15, 0.2) is 18.5 Å². The first kappa shape index (κ1) is 13.3. The summed E-state index contributed by atoms with van der Waals surface area (Å²) in [5.41, 5.74) is -0.226. The SMILES string of the molecule is CCOc1cncc(C2(O)CCNCC2(C)C)c1. The fraction of sp³-hybridized carbons (Fsp3) is 0.643. The molecule has 4 heteroatoms. The molecule has 2 heterocycles. The molecule has 0 aromatic carbocycles. The van der Waals surface area contributed by atoms with Crippen molar-refractivity contribution in [2.75, 3.05) is 19.7 Å². The molecule has 2 rings (SSSR count). The van der Waals surface area contributed by atoms with E-state index < -0.39 is 5.60 Å². The maximum Gasteiger partial charge on any atom is 0.137 e. The van der Waals surface area contributed by atoms with Gasteiger partial charge in [0.25, 0.3) is 0 Å². The molecule has 0 aliphatic carbocycles. The highest BCUT2D eigenvalue weighted by atomic mass is 16.5. The number of nitrogens with zero attached hydrogens (tertiary/aromatic N) is 1. The maximum atomic E-state index is 11.0. The summed E-state index contributed by atoms with van der Waals surface area (Å²) in [5, 5.41) is 14.4. The van der Waals surface area contributed by atoms with Crippen molar-refractivity contribution in [3.63, 3.8) is 0 Å². The van der Waals surface area contributed by atoms with Crippen LogP contribution in [-0.4, -0.2) is 29.8 Å². The van der Waals surface area contributed by atoms with Gasteiger partial charge in [-0.25, -0.2) is 0 Å². The van der Waals surface area contributed by atoms with Gasteiger partial charge in [-0.15, -0.1) is 0 Å². The molecule has 18 heavy (non-hydrogen) atoms. The Morgan fingerprint density at radius 2 is 2.22 bits per heavy atom. The van der Waals surface area contributed by atoms with E-state index in [-0.39, 0.29) is 5.41 Å². The van der Waals surface area contributed by atoms with Crippen LogP contribution in [0.3, 0.4) is 0 Å². The molecule has 1 unspecified atom stereocenters. The van der Waals surface area contributed by atoms with Gasteiger partial charge in [0.15, 0.2) is 0 Å². The molecule has 1 fully saturated rings. The van der Waals surface area contributed by atoms with Crippen LogP contribution in [0.4, 0.5) is 0 Å². The average molecular weight is 250 g/mol. The quantitative estimate of drug-likeness (QED) is 0.857. The second kappa shape index (κ2) is 4.86. The minimum Gasteiger partial charge on any atom is -0.492 e. The molecule has 1 aromatic heterocycles. The van der Waals surface area contributed by atoms with E-state index in [0.717, 1.165) is 24.4 Å². The standard InChI is InChI=1S/C14H22N2O2/c1-4-18-12-7-11(8-16-9-12)14(17)5-6-15-10-13(14,2)3/h7-9,15,17H,4-6,10H2,1-3H3. The first-order valence-electron chi connectivity index (χ1n) is 6.51. The summed E-state index contributed by atoms with van der Waals surface area (Å²) in [6.45, 7) is 8.31. The van der Waals surface area contributed by atoms with E-state index in [2.05, 4.69) is 24.1 Å². The third-order valence-corrected chi connectivity index (χ3v) is 3.85.